The summed E-state index contributed by atoms with van der Waals surface area (Å²) in [4.78, 5) is 4.76. The Morgan fingerprint density at radius 2 is 1.86 bits per heavy atom. The third-order valence-corrected chi connectivity index (χ3v) is 6.93. The highest BCUT2D eigenvalue weighted by Crippen LogP contribution is 2.63. The molecule has 0 bridgehead atoms. The summed E-state index contributed by atoms with van der Waals surface area (Å²) in [6, 6.07) is 15.4. The van der Waals surface area contributed by atoms with Gasteiger partial charge in [-0.3, -0.25) is 4.57 Å². The number of pyridine rings is 1. The maximum absolute atomic E-state index is 13.7. The van der Waals surface area contributed by atoms with Crippen LogP contribution in [0.4, 0.5) is 5.69 Å². The second-order valence-electron chi connectivity index (χ2n) is 6.55. The van der Waals surface area contributed by atoms with Crippen molar-refractivity contribution in [1.82, 2.24) is 4.98 Å². The van der Waals surface area contributed by atoms with E-state index >= 15 is 0 Å². The third-order valence-electron chi connectivity index (χ3n) is 4.66. The zero-order chi connectivity index (χ0) is 19.7. The number of rotatable bonds is 5. The molecule has 1 unspecified atom stereocenters. The maximum Gasteiger partial charge on any atom is 0.357 e. The van der Waals surface area contributed by atoms with Crippen molar-refractivity contribution < 1.29 is 18.3 Å². The van der Waals surface area contributed by atoms with Crippen molar-refractivity contribution in [2.45, 2.75) is 26.6 Å². The average molecular weight is 398 g/mol. The zero-order valence-corrected chi connectivity index (χ0v) is 17.0. The van der Waals surface area contributed by atoms with Crippen LogP contribution in [0.25, 0.3) is 10.9 Å². The quantitative estimate of drug-likeness (QED) is 0.530. The summed E-state index contributed by atoms with van der Waals surface area (Å²) in [6.07, 6.45) is 0. The number of nitrogens with zero attached hydrogens (tertiary/aromatic N) is 1. The van der Waals surface area contributed by atoms with E-state index in [1.54, 1.807) is 13.8 Å². The number of ether oxygens (including phenoxy) is 1. The number of aryl methyl sites for hydroxylation is 1. The Hall–Kier alpha value is -2.40. The van der Waals surface area contributed by atoms with Crippen LogP contribution >= 0.6 is 7.60 Å². The van der Waals surface area contributed by atoms with Gasteiger partial charge < -0.3 is 19.1 Å². The standard InChI is InChI=1S/C21H23N2O4P/c1-4-25-28(24,26-5-2)21-16-13-15-10-8-9-14(3)19(15)23-20(16)27-18-12-7-6-11-17(18)22-21/h6-13,21-22H,4-5H2,1-3H3. The summed E-state index contributed by atoms with van der Waals surface area (Å²) in [5.74, 6) is 0.290. The predicted molar refractivity (Wildman–Crippen MR) is 110 cm³/mol. The SMILES string of the molecule is CCOP(=O)(OCC)C1Nc2ccccc2Oc2nc3c(C)cccc3cc21. The molecule has 1 atom stereocenters. The molecule has 6 nitrogen and oxygen atoms in total. The molecule has 3 aromatic rings. The molecule has 1 aliphatic heterocycles. The Morgan fingerprint density at radius 1 is 1.11 bits per heavy atom. The first-order valence-corrected chi connectivity index (χ1v) is 11.0. The van der Waals surface area contributed by atoms with Gasteiger partial charge in [0.15, 0.2) is 11.5 Å². The lowest BCUT2D eigenvalue weighted by atomic mass is 10.1. The Labute approximate surface area is 164 Å². The predicted octanol–water partition coefficient (Wildman–Crippen LogP) is 6.03. The Balaban J connectivity index is 1.97. The van der Waals surface area contributed by atoms with E-state index in [-0.39, 0.29) is 13.2 Å². The molecule has 0 aliphatic carbocycles. The molecular formula is C21H23N2O4P. The van der Waals surface area contributed by atoms with Crippen molar-refractivity contribution >= 4 is 24.2 Å². The molecule has 0 radical (unpaired) electrons. The monoisotopic (exact) mass is 398 g/mol. The van der Waals surface area contributed by atoms with Gasteiger partial charge in [0.1, 0.15) is 0 Å². The molecule has 0 amide bonds. The first-order chi connectivity index (χ1) is 13.6. The van der Waals surface area contributed by atoms with Crippen molar-refractivity contribution in [3.63, 3.8) is 0 Å². The molecule has 4 rings (SSSR count). The summed E-state index contributed by atoms with van der Waals surface area (Å²) in [5.41, 5.74) is 3.26. The lowest BCUT2D eigenvalue weighted by molar-refractivity contribution is 0.214. The van der Waals surface area contributed by atoms with Gasteiger partial charge in [0.05, 0.1) is 24.4 Å². The Kier molecular flexibility index (Phi) is 5.11. The van der Waals surface area contributed by atoms with E-state index in [1.807, 2.05) is 55.5 Å². The van der Waals surface area contributed by atoms with Crippen molar-refractivity contribution in [2.75, 3.05) is 18.5 Å². The molecule has 0 saturated heterocycles. The Morgan fingerprint density at radius 3 is 2.61 bits per heavy atom. The minimum absolute atomic E-state index is 0.271. The second-order valence-corrected chi connectivity index (χ2v) is 8.66. The van der Waals surface area contributed by atoms with Gasteiger partial charge in [-0.05, 0) is 44.5 Å². The van der Waals surface area contributed by atoms with Crippen LogP contribution in [0.15, 0.2) is 48.5 Å². The van der Waals surface area contributed by atoms with Crippen LogP contribution in [-0.4, -0.2) is 18.2 Å². The number of hydrogen-bond donors (Lipinski definition) is 1. The smallest absolute Gasteiger partial charge is 0.357 e. The summed E-state index contributed by atoms with van der Waals surface area (Å²) in [5, 5.41) is 4.27. The van der Waals surface area contributed by atoms with Crippen LogP contribution in [0, 0.1) is 6.92 Å². The normalized spacial score (nSPS) is 15.9. The minimum atomic E-state index is -3.53. The average Bonchev–Trinajstić information content (AvgIpc) is 2.84. The van der Waals surface area contributed by atoms with Gasteiger partial charge in [-0.1, -0.05) is 30.3 Å². The molecular weight excluding hydrogens is 375 g/mol. The van der Waals surface area contributed by atoms with Crippen LogP contribution in [0.1, 0.15) is 30.8 Å². The van der Waals surface area contributed by atoms with Crippen LogP contribution in [0.3, 0.4) is 0 Å². The molecule has 1 aromatic heterocycles. The molecule has 1 aliphatic rings. The first-order valence-electron chi connectivity index (χ1n) is 9.38. The second kappa shape index (κ2) is 7.55. The molecule has 28 heavy (non-hydrogen) atoms. The van der Waals surface area contributed by atoms with Crippen molar-refractivity contribution in [1.29, 1.82) is 0 Å². The molecule has 1 N–H and O–H groups in total. The van der Waals surface area contributed by atoms with E-state index in [0.717, 1.165) is 16.5 Å². The lowest BCUT2D eigenvalue weighted by Crippen LogP contribution is -2.15. The molecule has 2 aromatic carbocycles. The van der Waals surface area contributed by atoms with Gasteiger partial charge in [-0.2, -0.15) is 0 Å². The summed E-state index contributed by atoms with van der Waals surface area (Å²) in [6.45, 7) is 6.15. The van der Waals surface area contributed by atoms with E-state index < -0.39 is 13.4 Å². The van der Waals surface area contributed by atoms with E-state index in [4.69, 9.17) is 18.8 Å². The maximum atomic E-state index is 13.7. The topological polar surface area (TPSA) is 69.7 Å². The lowest BCUT2D eigenvalue weighted by Gasteiger charge is -2.27. The molecule has 0 fully saturated rings. The van der Waals surface area contributed by atoms with Crippen molar-refractivity contribution in [2.24, 2.45) is 0 Å². The van der Waals surface area contributed by atoms with E-state index in [9.17, 15) is 4.57 Å². The minimum Gasteiger partial charge on any atom is -0.436 e. The molecule has 0 saturated carbocycles. The number of nitrogens with one attached hydrogen (secondary N) is 1. The largest absolute Gasteiger partial charge is 0.436 e. The van der Waals surface area contributed by atoms with Gasteiger partial charge in [0.25, 0.3) is 0 Å². The first kappa shape index (κ1) is 18.9. The summed E-state index contributed by atoms with van der Waals surface area (Å²) < 4.78 is 31.2. The van der Waals surface area contributed by atoms with Gasteiger partial charge in [-0.25, -0.2) is 4.98 Å². The van der Waals surface area contributed by atoms with Gasteiger partial charge in [0, 0.05) is 10.9 Å². The van der Waals surface area contributed by atoms with Gasteiger partial charge in [-0.15, -0.1) is 0 Å². The van der Waals surface area contributed by atoms with Crippen LogP contribution in [0.5, 0.6) is 11.6 Å². The van der Waals surface area contributed by atoms with E-state index in [1.165, 1.54) is 0 Å². The molecule has 146 valence electrons. The number of benzene rings is 2. The Bertz CT molecular complexity index is 1060. The number of hydrogen-bond acceptors (Lipinski definition) is 6. The molecule has 0 spiro atoms. The van der Waals surface area contributed by atoms with Crippen LogP contribution in [-0.2, 0) is 13.6 Å². The fourth-order valence-corrected chi connectivity index (χ4v) is 5.34. The third kappa shape index (κ3) is 3.28. The van der Waals surface area contributed by atoms with Crippen molar-refractivity contribution in [3.8, 4) is 11.6 Å². The molecule has 7 heteroatoms. The summed E-state index contributed by atoms with van der Waals surface area (Å²) in [7, 11) is -3.53. The number of para-hydroxylation sites is 3. The van der Waals surface area contributed by atoms with Crippen LogP contribution < -0.4 is 10.1 Å². The van der Waals surface area contributed by atoms with E-state index in [0.29, 0.717) is 22.9 Å². The van der Waals surface area contributed by atoms with Crippen molar-refractivity contribution in [3.05, 3.63) is 59.7 Å². The fourth-order valence-electron chi connectivity index (χ4n) is 3.42. The van der Waals surface area contributed by atoms with Gasteiger partial charge in [0.2, 0.25) is 5.88 Å². The number of anilines is 1. The zero-order valence-electron chi connectivity index (χ0n) is 16.1. The highest BCUT2D eigenvalue weighted by atomic mass is 31.2. The molecule has 2 heterocycles. The number of fused-ring (bicyclic) bond motifs is 3. The summed E-state index contributed by atoms with van der Waals surface area (Å²) >= 11 is 0. The highest BCUT2D eigenvalue weighted by Gasteiger charge is 2.41. The van der Waals surface area contributed by atoms with Gasteiger partial charge >= 0.3 is 7.60 Å². The fraction of sp³-hybridized carbons (Fsp3) is 0.286. The number of aromatic nitrogens is 1. The highest BCUT2D eigenvalue weighted by molar-refractivity contribution is 7.54. The van der Waals surface area contributed by atoms with Crippen LogP contribution in [0.2, 0.25) is 0 Å². The van der Waals surface area contributed by atoms with E-state index in [2.05, 4.69) is 5.32 Å².